The van der Waals surface area contributed by atoms with Crippen molar-refractivity contribution in [3.05, 3.63) is 34.7 Å². The third-order valence-electron chi connectivity index (χ3n) is 1.73. The molecule has 0 bridgehead atoms. The van der Waals surface area contributed by atoms with Gasteiger partial charge in [0.25, 0.3) is 5.56 Å². The summed E-state index contributed by atoms with van der Waals surface area (Å²) in [5.74, 6) is 0.167. The molecule has 0 aliphatic rings. The molecule has 6 nitrogen and oxygen atoms in total. The lowest BCUT2D eigenvalue weighted by Crippen LogP contribution is -2.09. The molecule has 0 radical (unpaired) electrons. The predicted molar refractivity (Wildman–Crippen MR) is 62.0 cm³/mol. The molecule has 0 fully saturated rings. The second-order valence-corrected chi connectivity index (χ2v) is 3.95. The number of aromatic nitrogens is 3. The van der Waals surface area contributed by atoms with Gasteiger partial charge in [0, 0.05) is 12.3 Å². The van der Waals surface area contributed by atoms with Crippen molar-refractivity contribution in [2.75, 3.05) is 11.5 Å². The van der Waals surface area contributed by atoms with Crippen LogP contribution in [0.4, 0.5) is 11.5 Å². The van der Waals surface area contributed by atoms with E-state index in [1.165, 1.54) is 6.07 Å². The Bertz CT molecular complexity index is 568. The number of hydrogen-bond acceptors (Lipinski definition) is 6. The third kappa shape index (κ3) is 2.31. The lowest BCUT2D eigenvalue weighted by molar-refractivity contribution is 0.941. The fourth-order valence-electron chi connectivity index (χ4n) is 1.08. The minimum absolute atomic E-state index is 0.167. The molecule has 0 saturated heterocycles. The second-order valence-electron chi connectivity index (χ2n) is 2.98. The number of anilines is 2. The van der Waals surface area contributed by atoms with Gasteiger partial charge < -0.3 is 16.5 Å². The van der Waals surface area contributed by atoms with E-state index in [9.17, 15) is 4.79 Å². The summed E-state index contributed by atoms with van der Waals surface area (Å²) in [4.78, 5) is 21.7. The first-order valence-corrected chi connectivity index (χ1v) is 5.22. The van der Waals surface area contributed by atoms with Crippen LogP contribution in [-0.4, -0.2) is 15.0 Å². The van der Waals surface area contributed by atoms with Crippen LogP contribution in [-0.2, 0) is 0 Å². The number of nitrogens with two attached hydrogens (primary N) is 2. The summed E-state index contributed by atoms with van der Waals surface area (Å²) in [6, 6.07) is 4.67. The van der Waals surface area contributed by atoms with Gasteiger partial charge in [-0.1, -0.05) is 0 Å². The molecule has 2 heterocycles. The Hall–Kier alpha value is -2.02. The van der Waals surface area contributed by atoms with Gasteiger partial charge in [-0.05, 0) is 23.9 Å². The highest BCUT2D eigenvalue weighted by Gasteiger charge is 2.05. The van der Waals surface area contributed by atoms with Crippen LogP contribution in [0.15, 0.2) is 39.4 Å². The number of hydrogen-bond donors (Lipinski definition) is 3. The molecule has 0 aromatic carbocycles. The van der Waals surface area contributed by atoms with E-state index in [1.54, 1.807) is 18.3 Å². The summed E-state index contributed by atoms with van der Waals surface area (Å²) in [6.07, 6.45) is 1.61. The number of pyridine rings is 1. The van der Waals surface area contributed by atoms with Crippen LogP contribution in [0.5, 0.6) is 0 Å². The van der Waals surface area contributed by atoms with E-state index in [-0.39, 0.29) is 11.4 Å². The third-order valence-corrected chi connectivity index (χ3v) is 2.65. The Kier molecular flexibility index (Phi) is 2.78. The first-order chi connectivity index (χ1) is 7.65. The lowest BCUT2D eigenvalue weighted by Gasteiger charge is -2.02. The second kappa shape index (κ2) is 4.23. The number of nitrogens with zero attached hydrogens (tertiary/aromatic N) is 2. The van der Waals surface area contributed by atoms with Gasteiger partial charge in [0.15, 0.2) is 5.16 Å². The van der Waals surface area contributed by atoms with E-state index in [0.29, 0.717) is 15.9 Å². The summed E-state index contributed by atoms with van der Waals surface area (Å²) < 4.78 is 0. The smallest absolute Gasteiger partial charge is 0.253 e. The minimum atomic E-state index is -0.301. The summed E-state index contributed by atoms with van der Waals surface area (Å²) in [5.41, 5.74) is 11.4. The molecule has 16 heavy (non-hydrogen) atoms. The normalized spacial score (nSPS) is 10.2. The molecule has 2 aromatic heterocycles. The zero-order valence-electron chi connectivity index (χ0n) is 8.18. The van der Waals surface area contributed by atoms with E-state index in [2.05, 4.69) is 15.0 Å². The predicted octanol–water partition coefficient (Wildman–Crippen LogP) is 0.481. The molecule has 7 heteroatoms. The van der Waals surface area contributed by atoms with E-state index in [1.807, 2.05) is 0 Å². The Balaban J connectivity index is 2.34. The standard InChI is InChI=1S/C9H9N5OS/c10-5-2-1-3-12-8(5)16-9-13-6(11)4-7(15)14-9/h1-4H,10H2,(H3,11,13,14,15). The van der Waals surface area contributed by atoms with E-state index < -0.39 is 0 Å². The molecule has 0 atom stereocenters. The molecular weight excluding hydrogens is 226 g/mol. The van der Waals surface area contributed by atoms with Crippen LogP contribution in [0.3, 0.4) is 0 Å². The van der Waals surface area contributed by atoms with Crippen molar-refractivity contribution in [3.8, 4) is 0 Å². The molecule has 0 aliphatic carbocycles. The van der Waals surface area contributed by atoms with Gasteiger partial charge in [0.1, 0.15) is 10.8 Å². The number of nitrogens with one attached hydrogen (secondary N) is 1. The van der Waals surface area contributed by atoms with Crippen molar-refractivity contribution in [3.63, 3.8) is 0 Å². The van der Waals surface area contributed by atoms with Gasteiger partial charge in [-0.25, -0.2) is 9.97 Å². The van der Waals surface area contributed by atoms with Crippen LogP contribution in [0, 0.1) is 0 Å². The molecule has 2 aromatic rings. The average molecular weight is 235 g/mol. The van der Waals surface area contributed by atoms with Crippen LogP contribution in [0.1, 0.15) is 0 Å². The highest BCUT2D eigenvalue weighted by atomic mass is 32.2. The summed E-state index contributed by atoms with van der Waals surface area (Å²) in [7, 11) is 0. The quantitative estimate of drug-likeness (QED) is 0.653. The molecule has 82 valence electrons. The Morgan fingerprint density at radius 1 is 1.38 bits per heavy atom. The maximum Gasteiger partial charge on any atom is 0.253 e. The fourth-order valence-corrected chi connectivity index (χ4v) is 1.87. The van der Waals surface area contributed by atoms with Crippen molar-refractivity contribution in [1.29, 1.82) is 0 Å². The van der Waals surface area contributed by atoms with Gasteiger partial charge >= 0.3 is 0 Å². The molecule has 0 unspecified atom stereocenters. The zero-order chi connectivity index (χ0) is 11.5. The Morgan fingerprint density at radius 2 is 2.19 bits per heavy atom. The zero-order valence-corrected chi connectivity index (χ0v) is 8.99. The number of H-pyrrole nitrogens is 1. The van der Waals surface area contributed by atoms with Crippen molar-refractivity contribution < 1.29 is 0 Å². The van der Waals surface area contributed by atoms with Gasteiger partial charge in [-0.3, -0.25) is 4.79 Å². The molecule has 0 amide bonds. The molecule has 0 aliphatic heterocycles. The number of nitrogen functional groups attached to an aromatic ring is 2. The van der Waals surface area contributed by atoms with Gasteiger partial charge in [-0.2, -0.15) is 0 Å². The van der Waals surface area contributed by atoms with E-state index in [4.69, 9.17) is 11.5 Å². The lowest BCUT2D eigenvalue weighted by atomic mass is 10.4. The van der Waals surface area contributed by atoms with Crippen molar-refractivity contribution in [2.45, 2.75) is 10.2 Å². The summed E-state index contributed by atoms with van der Waals surface area (Å²) >= 11 is 1.16. The van der Waals surface area contributed by atoms with Gasteiger partial charge in [-0.15, -0.1) is 0 Å². The fraction of sp³-hybridized carbons (Fsp3) is 0. The summed E-state index contributed by atoms with van der Waals surface area (Å²) in [5, 5.41) is 0.951. The van der Waals surface area contributed by atoms with Crippen LogP contribution in [0.25, 0.3) is 0 Å². The molecule has 5 N–H and O–H groups in total. The van der Waals surface area contributed by atoms with Gasteiger partial charge in [0.2, 0.25) is 0 Å². The SMILES string of the molecule is Nc1cc(=O)[nH]c(Sc2ncccc2N)n1. The number of aromatic amines is 1. The largest absolute Gasteiger partial charge is 0.397 e. The highest BCUT2D eigenvalue weighted by Crippen LogP contribution is 2.26. The van der Waals surface area contributed by atoms with Crippen molar-refractivity contribution in [2.24, 2.45) is 0 Å². The molecule has 0 spiro atoms. The van der Waals surface area contributed by atoms with Crippen LogP contribution >= 0.6 is 11.8 Å². The van der Waals surface area contributed by atoms with Crippen LogP contribution < -0.4 is 17.0 Å². The summed E-state index contributed by atoms with van der Waals surface area (Å²) in [6.45, 7) is 0. The van der Waals surface area contributed by atoms with Gasteiger partial charge in [0.05, 0.1) is 5.69 Å². The van der Waals surface area contributed by atoms with E-state index in [0.717, 1.165) is 11.8 Å². The molecular formula is C9H9N5OS. The minimum Gasteiger partial charge on any atom is -0.397 e. The van der Waals surface area contributed by atoms with Crippen LogP contribution in [0.2, 0.25) is 0 Å². The Morgan fingerprint density at radius 3 is 2.88 bits per heavy atom. The molecule has 2 rings (SSSR count). The topological polar surface area (TPSA) is 111 Å². The monoisotopic (exact) mass is 235 g/mol. The maximum atomic E-state index is 11.1. The highest BCUT2D eigenvalue weighted by molar-refractivity contribution is 7.99. The van der Waals surface area contributed by atoms with Crippen molar-refractivity contribution >= 4 is 23.3 Å². The first-order valence-electron chi connectivity index (χ1n) is 4.40. The first kappa shape index (κ1) is 10.5. The van der Waals surface area contributed by atoms with Crippen molar-refractivity contribution in [1.82, 2.24) is 15.0 Å². The molecule has 0 saturated carbocycles. The Labute approximate surface area is 95.1 Å². The average Bonchev–Trinajstić information content (AvgIpc) is 2.20. The van der Waals surface area contributed by atoms with E-state index >= 15 is 0 Å². The number of rotatable bonds is 2. The maximum absolute atomic E-state index is 11.1.